The van der Waals surface area contributed by atoms with Crippen LogP contribution in [0.25, 0.3) is 0 Å². The van der Waals surface area contributed by atoms with Gasteiger partial charge in [-0.25, -0.2) is 4.79 Å². The van der Waals surface area contributed by atoms with Gasteiger partial charge in [0.1, 0.15) is 11.2 Å². The number of nitrogens with zero attached hydrogens (tertiary/aromatic N) is 3. The molecule has 0 saturated heterocycles. The highest BCUT2D eigenvalue weighted by molar-refractivity contribution is 6.01. The molecule has 1 aromatic heterocycles. The predicted octanol–water partition coefficient (Wildman–Crippen LogP) is 3.20. The lowest BCUT2D eigenvalue weighted by Gasteiger charge is -2.43. The van der Waals surface area contributed by atoms with E-state index >= 15 is 0 Å². The van der Waals surface area contributed by atoms with Crippen LogP contribution < -0.4 is 5.32 Å². The summed E-state index contributed by atoms with van der Waals surface area (Å²) in [5.41, 5.74) is 1.74. The molecule has 178 valence electrons. The lowest BCUT2D eigenvalue weighted by atomic mass is 9.93. The van der Waals surface area contributed by atoms with Gasteiger partial charge in [0, 0.05) is 19.2 Å². The Hall–Kier alpha value is -3.94. The first kappa shape index (κ1) is 24.7. The maximum atomic E-state index is 13.6. The van der Waals surface area contributed by atoms with Crippen molar-refractivity contribution in [2.45, 2.75) is 39.4 Å². The van der Waals surface area contributed by atoms with Crippen LogP contribution in [0.3, 0.4) is 0 Å². The van der Waals surface area contributed by atoms with Crippen LogP contribution in [0.5, 0.6) is 0 Å². The molecular weight excluding hydrogens is 432 g/mol. The van der Waals surface area contributed by atoms with Gasteiger partial charge in [-0.3, -0.25) is 14.3 Å². The second-order valence-electron chi connectivity index (χ2n) is 8.31. The summed E-state index contributed by atoms with van der Waals surface area (Å²) in [6.45, 7) is 13.5. The molecule has 1 aromatic carbocycles. The number of aryl methyl sites for hydroxylation is 1. The molecular formula is C26H30N4O4. The van der Waals surface area contributed by atoms with Crippen LogP contribution in [0.1, 0.15) is 46.0 Å². The molecule has 1 aliphatic heterocycles. The maximum Gasteiger partial charge on any atom is 0.358 e. The number of amides is 2. The number of nitrogens with one attached hydrogen (secondary N) is 1. The number of allylic oxidation sites excluding steroid dienone is 2. The zero-order valence-electron chi connectivity index (χ0n) is 19.8. The molecule has 1 aliphatic rings. The molecule has 0 bridgehead atoms. The highest BCUT2D eigenvalue weighted by atomic mass is 16.5. The first-order valence-corrected chi connectivity index (χ1v) is 11.1. The quantitative estimate of drug-likeness (QED) is 0.456. The zero-order valence-corrected chi connectivity index (χ0v) is 19.8. The summed E-state index contributed by atoms with van der Waals surface area (Å²) < 4.78 is 6.45. The van der Waals surface area contributed by atoms with E-state index < -0.39 is 11.5 Å². The number of carbonyl (C=O) groups excluding carboxylic acids is 3. The van der Waals surface area contributed by atoms with Crippen LogP contribution in [-0.2, 0) is 22.6 Å². The number of aromatic nitrogens is 2. The minimum absolute atomic E-state index is 0.0354. The largest absolute Gasteiger partial charge is 0.461 e. The smallest absolute Gasteiger partial charge is 0.358 e. The summed E-state index contributed by atoms with van der Waals surface area (Å²) in [7, 11) is 0. The van der Waals surface area contributed by atoms with Crippen LogP contribution in [0.4, 0.5) is 0 Å². The summed E-state index contributed by atoms with van der Waals surface area (Å²) in [6.07, 6.45) is 5.01. The van der Waals surface area contributed by atoms with E-state index in [0.717, 1.165) is 16.7 Å². The summed E-state index contributed by atoms with van der Waals surface area (Å²) in [4.78, 5) is 40.9. The topological polar surface area (TPSA) is 93.5 Å². The summed E-state index contributed by atoms with van der Waals surface area (Å²) in [5.74, 6) is -1.35. The zero-order chi connectivity index (χ0) is 24.9. The van der Waals surface area contributed by atoms with Crippen LogP contribution >= 0.6 is 0 Å². The van der Waals surface area contributed by atoms with Crippen molar-refractivity contribution in [3.8, 4) is 0 Å². The van der Waals surface area contributed by atoms with Gasteiger partial charge in [0.25, 0.3) is 5.91 Å². The van der Waals surface area contributed by atoms with Crippen molar-refractivity contribution in [3.05, 3.63) is 89.8 Å². The third kappa shape index (κ3) is 5.01. The average molecular weight is 463 g/mol. The normalized spacial score (nSPS) is 17.7. The first-order chi connectivity index (χ1) is 16.2. The van der Waals surface area contributed by atoms with E-state index in [2.05, 4.69) is 23.6 Å². The third-order valence-electron chi connectivity index (χ3n) is 5.74. The molecule has 1 N–H and O–H groups in total. The number of ether oxygens (including phenoxy) is 1. The minimum atomic E-state index is -1.26. The molecule has 0 spiro atoms. The Bertz CT molecular complexity index is 1160. The first-order valence-electron chi connectivity index (χ1n) is 11.1. The molecule has 1 unspecified atom stereocenters. The number of fused-ring (bicyclic) bond motifs is 1. The van der Waals surface area contributed by atoms with Crippen LogP contribution in [0.15, 0.2) is 67.3 Å². The molecule has 3 rings (SSSR count). The fourth-order valence-corrected chi connectivity index (χ4v) is 3.91. The number of benzene rings is 1. The van der Waals surface area contributed by atoms with Crippen molar-refractivity contribution in [2.24, 2.45) is 0 Å². The molecule has 2 amide bonds. The third-order valence-corrected chi connectivity index (χ3v) is 5.74. The maximum absolute atomic E-state index is 13.6. The van der Waals surface area contributed by atoms with E-state index in [1.54, 1.807) is 32.1 Å². The lowest BCUT2D eigenvalue weighted by Crippen LogP contribution is -2.63. The molecule has 0 saturated carbocycles. The molecule has 1 atom stereocenters. The molecule has 0 fully saturated rings. The van der Waals surface area contributed by atoms with Gasteiger partial charge in [-0.1, -0.05) is 61.2 Å². The van der Waals surface area contributed by atoms with Gasteiger partial charge >= 0.3 is 5.97 Å². The predicted molar refractivity (Wildman–Crippen MR) is 129 cm³/mol. The number of rotatable bonds is 9. The highest BCUT2D eigenvalue weighted by Gasteiger charge is 2.48. The Labute approximate surface area is 199 Å². The van der Waals surface area contributed by atoms with E-state index in [9.17, 15) is 14.4 Å². The number of hydrogen-bond acceptors (Lipinski definition) is 5. The van der Waals surface area contributed by atoms with E-state index in [-0.39, 0.29) is 49.4 Å². The molecule has 0 radical (unpaired) electrons. The number of hydrogen-bond donors (Lipinski definition) is 1. The van der Waals surface area contributed by atoms with Crippen LogP contribution in [0.2, 0.25) is 0 Å². The van der Waals surface area contributed by atoms with Crippen LogP contribution in [0, 0.1) is 6.92 Å². The molecule has 0 aliphatic carbocycles. The summed E-state index contributed by atoms with van der Waals surface area (Å²) >= 11 is 0. The van der Waals surface area contributed by atoms with Gasteiger partial charge in [0.2, 0.25) is 5.91 Å². The molecule has 2 heterocycles. The Morgan fingerprint density at radius 3 is 2.71 bits per heavy atom. The van der Waals surface area contributed by atoms with E-state index in [1.165, 1.54) is 15.6 Å². The van der Waals surface area contributed by atoms with E-state index in [1.807, 2.05) is 31.2 Å². The number of esters is 1. The van der Waals surface area contributed by atoms with Crippen molar-refractivity contribution in [3.63, 3.8) is 0 Å². The summed E-state index contributed by atoms with van der Waals surface area (Å²) in [5, 5.41) is 7.17. The van der Waals surface area contributed by atoms with Crippen molar-refractivity contribution in [1.82, 2.24) is 20.0 Å². The van der Waals surface area contributed by atoms with Crippen molar-refractivity contribution < 1.29 is 19.1 Å². The van der Waals surface area contributed by atoms with E-state index in [0.29, 0.717) is 0 Å². The Kier molecular flexibility index (Phi) is 7.50. The van der Waals surface area contributed by atoms with Gasteiger partial charge in [-0.2, -0.15) is 5.10 Å². The number of carbonyl (C=O) groups is 3. The van der Waals surface area contributed by atoms with Crippen molar-refractivity contribution in [2.75, 3.05) is 13.2 Å². The lowest BCUT2D eigenvalue weighted by molar-refractivity contribution is -0.133. The fraction of sp³-hybridized carbons (Fsp3) is 0.308. The molecule has 34 heavy (non-hydrogen) atoms. The van der Waals surface area contributed by atoms with Crippen molar-refractivity contribution in [1.29, 1.82) is 0 Å². The molecule has 2 aromatic rings. The monoisotopic (exact) mass is 462 g/mol. The Balaban J connectivity index is 1.99. The summed E-state index contributed by atoms with van der Waals surface area (Å²) in [6, 6.07) is 9.19. The van der Waals surface area contributed by atoms with Gasteiger partial charge < -0.3 is 15.0 Å². The second-order valence-corrected chi connectivity index (χ2v) is 8.31. The van der Waals surface area contributed by atoms with Gasteiger partial charge in [-0.05, 0) is 31.9 Å². The minimum Gasteiger partial charge on any atom is -0.461 e. The van der Waals surface area contributed by atoms with Gasteiger partial charge in [-0.15, -0.1) is 0 Å². The van der Waals surface area contributed by atoms with E-state index in [4.69, 9.17) is 4.74 Å². The second kappa shape index (κ2) is 10.3. The highest BCUT2D eigenvalue weighted by Crippen LogP contribution is 2.30. The average Bonchev–Trinajstić information content (AvgIpc) is 3.23. The molecule has 8 heteroatoms. The standard InChI is InChI=1S/C26H30N4O4/c1-6-10-19(7-2)15-27-25(33)26(5)17-30-22(14-21(28-30)24(32)34-8-3)23(31)29(26)16-20-12-9-11-18(4)13-20/h6-7,9-14H,1-2,8,15-17H2,3-5H3,(H,27,33)/b19-10+. The Morgan fingerprint density at radius 2 is 2.06 bits per heavy atom. The Morgan fingerprint density at radius 1 is 1.29 bits per heavy atom. The molecule has 8 nitrogen and oxygen atoms in total. The van der Waals surface area contributed by atoms with Gasteiger partial charge in [0.15, 0.2) is 5.69 Å². The SMILES string of the molecule is C=C/C=C(\C=C)CNC(=O)C1(C)Cn2nc(C(=O)OCC)cc2C(=O)N1Cc1cccc(C)c1. The van der Waals surface area contributed by atoms with Crippen molar-refractivity contribution >= 4 is 17.8 Å². The van der Waals surface area contributed by atoms with Crippen LogP contribution in [-0.4, -0.2) is 51.2 Å². The van der Waals surface area contributed by atoms with Gasteiger partial charge in [0.05, 0.1) is 13.2 Å². The fourth-order valence-electron chi connectivity index (χ4n) is 3.91.